The number of carbonyl (C=O) groups excluding carboxylic acids is 3. The van der Waals surface area contributed by atoms with Crippen molar-refractivity contribution < 1.29 is 50.2 Å². The summed E-state index contributed by atoms with van der Waals surface area (Å²) in [6.45, 7) is 6.26. The fourth-order valence-electron chi connectivity index (χ4n) is 7.04. The molecule has 2 aliphatic heterocycles. The van der Waals surface area contributed by atoms with Crippen LogP contribution in [-0.2, 0) is 24.4 Å². The van der Waals surface area contributed by atoms with Gasteiger partial charge in [0, 0.05) is 33.6 Å². The minimum Gasteiger partial charge on any atom is -0.497 e. The monoisotopic (exact) mass is 972 g/mol. The first kappa shape index (κ1) is 43.1. The number of halogens is 4. The molecule has 0 bridgehead atoms. The van der Waals surface area contributed by atoms with E-state index in [1.165, 1.54) is 48.0 Å². The SMILES string of the molecule is COc1ccc2c(O[C@@H]3C[C@@H](C(=O)N[C@]4(C(=O)NS(=O)(=O)C5CC5)C[C@H]4I)N(C(=O)[C@@H](NC4=NCCCS4)C(C)(C)C)C3)nc(-c3ccc(OC(F)(F)F)cc3)cc2c1. The van der Waals surface area contributed by atoms with Gasteiger partial charge in [-0.15, -0.1) is 13.2 Å². The zero-order valence-electron chi connectivity index (χ0n) is 32.6. The van der Waals surface area contributed by atoms with Crippen molar-refractivity contribution in [2.45, 2.75) is 92.1 Å². The molecule has 2 aliphatic carbocycles. The summed E-state index contributed by atoms with van der Waals surface area (Å²) in [6, 6.07) is 10.2. The van der Waals surface area contributed by atoms with Gasteiger partial charge in [0.2, 0.25) is 27.7 Å². The number of hydrogen-bond acceptors (Lipinski definition) is 12. The quantitative estimate of drug-likeness (QED) is 0.158. The van der Waals surface area contributed by atoms with Gasteiger partial charge in [-0.05, 0) is 85.0 Å². The number of sulfonamides is 1. The second-order valence-electron chi connectivity index (χ2n) is 16.1. The number of nitrogens with zero attached hydrogens (tertiary/aromatic N) is 3. The Morgan fingerprint density at radius 3 is 2.34 bits per heavy atom. The van der Waals surface area contributed by atoms with E-state index >= 15 is 0 Å². The number of pyridine rings is 1. The summed E-state index contributed by atoms with van der Waals surface area (Å²) in [5.41, 5.74) is -1.32. The molecule has 2 saturated carbocycles. The second-order valence-corrected chi connectivity index (χ2v) is 20.6. The number of aromatic nitrogens is 1. The minimum atomic E-state index is -4.86. The van der Waals surface area contributed by atoms with Gasteiger partial charge in [-0.1, -0.05) is 55.1 Å². The Morgan fingerprint density at radius 1 is 1.05 bits per heavy atom. The van der Waals surface area contributed by atoms with Gasteiger partial charge in [-0.3, -0.25) is 24.1 Å². The van der Waals surface area contributed by atoms with Gasteiger partial charge in [-0.25, -0.2) is 13.4 Å². The summed E-state index contributed by atoms with van der Waals surface area (Å²) < 4.78 is 82.0. The maximum Gasteiger partial charge on any atom is 0.573 e. The lowest BCUT2D eigenvalue weighted by atomic mass is 9.85. The van der Waals surface area contributed by atoms with E-state index < -0.39 is 78.2 Å². The van der Waals surface area contributed by atoms with Crippen molar-refractivity contribution in [2.75, 3.05) is 26.0 Å². The number of methoxy groups -OCH3 is 1. The third-order valence-corrected chi connectivity index (χ3v) is 14.9. The van der Waals surface area contributed by atoms with E-state index in [1.54, 1.807) is 24.3 Å². The molecule has 1 saturated heterocycles. The van der Waals surface area contributed by atoms with Gasteiger partial charge in [0.1, 0.15) is 35.2 Å². The topological polar surface area (TPSA) is 178 Å². The Bertz CT molecular complexity index is 2270. The largest absolute Gasteiger partial charge is 0.573 e. The molecule has 20 heteroatoms. The van der Waals surface area contributed by atoms with Crippen LogP contribution in [0.3, 0.4) is 0 Å². The lowest BCUT2D eigenvalue weighted by Crippen LogP contribution is -2.60. The number of alkyl halides is 4. The number of ether oxygens (including phenoxy) is 3. The predicted octanol–water partition coefficient (Wildman–Crippen LogP) is 5.33. The van der Waals surface area contributed by atoms with Crippen LogP contribution in [0.2, 0.25) is 0 Å². The molecule has 2 aromatic carbocycles. The molecule has 0 unspecified atom stereocenters. The van der Waals surface area contributed by atoms with Crippen molar-refractivity contribution in [1.82, 2.24) is 25.2 Å². The number of rotatable bonds is 12. The van der Waals surface area contributed by atoms with Crippen molar-refractivity contribution in [3.63, 3.8) is 0 Å². The van der Waals surface area contributed by atoms with E-state index in [0.29, 0.717) is 52.3 Å². The lowest BCUT2D eigenvalue weighted by Gasteiger charge is -2.36. The molecule has 14 nitrogen and oxygen atoms in total. The number of carbonyl (C=O) groups is 3. The summed E-state index contributed by atoms with van der Waals surface area (Å²) >= 11 is 3.52. The molecule has 0 radical (unpaired) electrons. The molecule has 3 amide bonds. The molecule has 3 N–H and O–H groups in total. The highest BCUT2D eigenvalue weighted by Crippen LogP contribution is 2.45. The zero-order valence-corrected chi connectivity index (χ0v) is 36.4. The van der Waals surface area contributed by atoms with Crippen LogP contribution in [0.15, 0.2) is 53.5 Å². The number of amides is 3. The first-order chi connectivity index (χ1) is 27.8. The summed E-state index contributed by atoms with van der Waals surface area (Å²) in [7, 11) is -2.39. The van der Waals surface area contributed by atoms with Crippen LogP contribution in [0, 0.1) is 5.41 Å². The zero-order chi connectivity index (χ0) is 42.5. The van der Waals surface area contributed by atoms with Gasteiger partial charge in [0.05, 0.1) is 24.6 Å². The number of aliphatic imine (C=N–C) groups is 1. The molecular weight excluding hydrogens is 928 g/mol. The highest BCUT2D eigenvalue weighted by Gasteiger charge is 2.62. The number of nitrogens with one attached hydrogen (secondary N) is 3. The molecule has 318 valence electrons. The van der Waals surface area contributed by atoms with Crippen LogP contribution in [0.4, 0.5) is 13.2 Å². The highest BCUT2D eigenvalue weighted by molar-refractivity contribution is 14.1. The van der Waals surface area contributed by atoms with Crippen LogP contribution in [0.1, 0.15) is 52.9 Å². The first-order valence-corrected chi connectivity index (χ1v) is 22.8. The average Bonchev–Trinajstić information content (AvgIpc) is 4.10. The Balaban J connectivity index is 1.21. The maximum atomic E-state index is 14.8. The summed E-state index contributed by atoms with van der Waals surface area (Å²) in [5, 5.41) is 7.33. The molecule has 0 spiro atoms. The maximum absolute atomic E-state index is 14.8. The average molecular weight is 973 g/mol. The minimum absolute atomic E-state index is 0.0127. The molecule has 4 aliphatic rings. The van der Waals surface area contributed by atoms with Gasteiger partial charge in [0.15, 0.2) is 5.17 Å². The fraction of sp³-hybridized carbons (Fsp3) is 0.513. The van der Waals surface area contributed by atoms with E-state index in [4.69, 9.17) is 14.5 Å². The smallest absolute Gasteiger partial charge is 0.497 e. The van der Waals surface area contributed by atoms with Crippen LogP contribution in [0.25, 0.3) is 22.0 Å². The Kier molecular flexibility index (Phi) is 12.0. The standard InChI is InChI=1S/C39H44F3IN6O8S2/c1-37(2,3)31(46-36-44-14-5-15-58-36)34(51)49-20-25(18-29(49)32(50)47-38(19-30(38)43)35(52)48-59(53,54)26-11-12-26)56-33-27-13-10-24(55-4)16-22(27)17-28(45-33)21-6-8-23(9-7-21)57-39(40,41)42/h6-10,13,16-17,25-26,29-31H,5,11-12,14-15,18-20H2,1-4H3,(H,44,46)(H,47,50)(H,48,52)/t25-,29+,30-,31-,38-/m1/s1. The number of fused-ring (bicyclic) bond motifs is 1. The summed E-state index contributed by atoms with van der Waals surface area (Å²) in [5.74, 6) is -0.754. The van der Waals surface area contributed by atoms with Crippen LogP contribution in [-0.4, -0.2) is 106 Å². The predicted molar refractivity (Wildman–Crippen MR) is 224 cm³/mol. The van der Waals surface area contributed by atoms with Crippen LogP contribution in [0.5, 0.6) is 17.4 Å². The van der Waals surface area contributed by atoms with Gasteiger partial charge in [-0.2, -0.15) is 0 Å². The van der Waals surface area contributed by atoms with Crippen LogP contribution < -0.4 is 29.6 Å². The Hall–Kier alpha value is -4.05. The summed E-state index contributed by atoms with van der Waals surface area (Å²) in [4.78, 5) is 53.5. The number of amidine groups is 1. The van der Waals surface area contributed by atoms with Crippen molar-refractivity contribution in [3.05, 3.63) is 48.5 Å². The lowest BCUT2D eigenvalue weighted by molar-refractivity contribution is -0.274. The first-order valence-electron chi connectivity index (χ1n) is 19.0. The number of likely N-dealkylation sites (tertiary alicyclic amines) is 1. The second kappa shape index (κ2) is 16.4. The van der Waals surface area contributed by atoms with E-state index in [1.807, 2.05) is 43.4 Å². The van der Waals surface area contributed by atoms with Crippen molar-refractivity contribution in [3.8, 4) is 28.6 Å². The van der Waals surface area contributed by atoms with E-state index in [2.05, 4.69) is 25.1 Å². The Labute approximate surface area is 357 Å². The van der Waals surface area contributed by atoms with Gasteiger partial charge in [0.25, 0.3) is 5.91 Å². The van der Waals surface area contributed by atoms with E-state index in [0.717, 1.165) is 12.2 Å². The molecule has 3 heterocycles. The van der Waals surface area contributed by atoms with E-state index in [-0.39, 0.29) is 25.3 Å². The molecule has 59 heavy (non-hydrogen) atoms. The third kappa shape index (κ3) is 9.79. The summed E-state index contributed by atoms with van der Waals surface area (Å²) in [6.07, 6.45) is -3.67. The van der Waals surface area contributed by atoms with Crippen molar-refractivity contribution >= 4 is 78.0 Å². The van der Waals surface area contributed by atoms with Crippen LogP contribution >= 0.6 is 34.4 Å². The normalized spacial score (nSPS) is 23.8. The molecule has 7 rings (SSSR count). The highest BCUT2D eigenvalue weighted by atomic mass is 127. The molecule has 3 aromatic rings. The molecule has 1 aromatic heterocycles. The van der Waals surface area contributed by atoms with E-state index in [9.17, 15) is 36.0 Å². The third-order valence-electron chi connectivity index (χ3n) is 10.5. The molecule has 3 fully saturated rings. The van der Waals surface area contributed by atoms with Gasteiger partial charge >= 0.3 is 6.36 Å². The number of thioether (sulfide) groups is 1. The number of hydrogen-bond donors (Lipinski definition) is 3. The van der Waals surface area contributed by atoms with Gasteiger partial charge < -0.3 is 29.7 Å². The molecule has 5 atom stereocenters. The van der Waals surface area contributed by atoms with Crippen molar-refractivity contribution in [1.29, 1.82) is 0 Å². The van der Waals surface area contributed by atoms with Crippen molar-refractivity contribution in [2.24, 2.45) is 10.4 Å². The fourth-order valence-corrected chi connectivity index (χ4v) is 10.4. The Morgan fingerprint density at radius 2 is 1.75 bits per heavy atom. The number of benzene rings is 2. The molecular formula is C39H44F3IN6O8S2.